The zero-order valence-corrected chi connectivity index (χ0v) is 17.1. The molecule has 29 heavy (non-hydrogen) atoms. The van der Waals surface area contributed by atoms with Crippen LogP contribution >= 0.6 is 0 Å². The largest absolute Gasteiger partial charge is 0.508 e. The number of ketones is 1. The summed E-state index contributed by atoms with van der Waals surface area (Å²) in [7, 11) is 0. The third-order valence-corrected chi connectivity index (χ3v) is 5.41. The van der Waals surface area contributed by atoms with E-state index in [9.17, 15) is 14.7 Å². The molecule has 152 valence electrons. The molecule has 2 aromatic carbocycles. The van der Waals surface area contributed by atoms with Crippen molar-refractivity contribution in [3.8, 4) is 5.75 Å². The van der Waals surface area contributed by atoms with Crippen molar-refractivity contribution in [1.82, 2.24) is 4.57 Å². The van der Waals surface area contributed by atoms with Gasteiger partial charge in [0, 0.05) is 36.0 Å². The Morgan fingerprint density at radius 3 is 2.48 bits per heavy atom. The van der Waals surface area contributed by atoms with Crippen molar-refractivity contribution in [2.75, 3.05) is 0 Å². The average molecular weight is 393 g/mol. The van der Waals surface area contributed by atoms with Gasteiger partial charge in [-0.3, -0.25) is 9.59 Å². The van der Waals surface area contributed by atoms with E-state index in [1.165, 1.54) is 0 Å². The van der Waals surface area contributed by atoms with Crippen LogP contribution in [0.2, 0.25) is 0 Å². The first-order valence-electron chi connectivity index (χ1n) is 9.90. The molecular formula is C24H27NO4. The second-order valence-electron chi connectivity index (χ2n) is 7.82. The van der Waals surface area contributed by atoms with Gasteiger partial charge >= 0.3 is 5.97 Å². The van der Waals surface area contributed by atoms with Gasteiger partial charge in [0.1, 0.15) is 11.5 Å². The second-order valence-corrected chi connectivity index (χ2v) is 7.82. The Kier molecular flexibility index (Phi) is 6.06. The van der Waals surface area contributed by atoms with Crippen LogP contribution in [0.15, 0.2) is 42.5 Å². The summed E-state index contributed by atoms with van der Waals surface area (Å²) in [5.74, 6) is -0.488. The van der Waals surface area contributed by atoms with Gasteiger partial charge in [0.25, 0.3) is 0 Å². The van der Waals surface area contributed by atoms with Gasteiger partial charge in [0.15, 0.2) is 0 Å². The topological polar surface area (TPSA) is 79.5 Å². The van der Waals surface area contributed by atoms with Crippen LogP contribution in [0.1, 0.15) is 55.0 Å². The Morgan fingerprint density at radius 2 is 1.79 bits per heavy atom. The molecule has 0 radical (unpaired) electrons. The zero-order valence-electron chi connectivity index (χ0n) is 17.1. The van der Waals surface area contributed by atoms with Crippen LogP contribution in [0.25, 0.3) is 10.9 Å². The molecule has 0 saturated carbocycles. The van der Waals surface area contributed by atoms with Crippen molar-refractivity contribution in [3.05, 3.63) is 64.8 Å². The van der Waals surface area contributed by atoms with Gasteiger partial charge < -0.3 is 14.8 Å². The fraction of sp³-hybridized carbons (Fsp3) is 0.333. The number of aliphatic carboxylic acids is 1. The van der Waals surface area contributed by atoms with Crippen molar-refractivity contribution in [2.24, 2.45) is 0 Å². The first kappa shape index (κ1) is 20.6. The average Bonchev–Trinajstić information content (AvgIpc) is 2.93. The fourth-order valence-electron chi connectivity index (χ4n) is 3.81. The Labute approximate surface area is 170 Å². The summed E-state index contributed by atoms with van der Waals surface area (Å²) in [6.45, 7) is 6.74. The molecule has 3 rings (SSSR count). The van der Waals surface area contributed by atoms with E-state index in [0.717, 1.165) is 33.3 Å². The molecule has 3 aromatic rings. The maximum absolute atomic E-state index is 12.3. The number of hydrogen-bond donors (Lipinski definition) is 2. The van der Waals surface area contributed by atoms with Gasteiger partial charge in [-0.1, -0.05) is 44.2 Å². The lowest BCUT2D eigenvalue weighted by atomic mass is 9.99. The monoisotopic (exact) mass is 393 g/mol. The highest BCUT2D eigenvalue weighted by Crippen LogP contribution is 2.30. The number of aromatic nitrogens is 1. The van der Waals surface area contributed by atoms with Crippen molar-refractivity contribution in [3.63, 3.8) is 0 Å². The van der Waals surface area contributed by atoms with Crippen molar-refractivity contribution in [1.29, 1.82) is 0 Å². The van der Waals surface area contributed by atoms with Crippen LogP contribution in [0.5, 0.6) is 5.75 Å². The first-order chi connectivity index (χ1) is 13.8. The lowest BCUT2D eigenvalue weighted by molar-refractivity contribution is -0.138. The smallest absolute Gasteiger partial charge is 0.303 e. The van der Waals surface area contributed by atoms with Crippen LogP contribution in [-0.4, -0.2) is 26.5 Å². The number of hydrogen-bond acceptors (Lipinski definition) is 3. The van der Waals surface area contributed by atoms with E-state index in [4.69, 9.17) is 5.11 Å². The number of nitrogens with zero attached hydrogens (tertiary/aromatic N) is 1. The number of benzene rings is 2. The molecule has 1 heterocycles. The summed E-state index contributed by atoms with van der Waals surface area (Å²) in [5.41, 5.74) is 5.01. The minimum Gasteiger partial charge on any atom is -0.508 e. The summed E-state index contributed by atoms with van der Waals surface area (Å²) in [4.78, 5) is 23.1. The molecule has 0 amide bonds. The van der Waals surface area contributed by atoms with E-state index in [1.54, 1.807) is 6.07 Å². The number of aromatic hydroxyl groups is 1. The van der Waals surface area contributed by atoms with E-state index in [-0.39, 0.29) is 31.0 Å². The highest BCUT2D eigenvalue weighted by atomic mass is 16.4. The highest BCUT2D eigenvalue weighted by molar-refractivity contribution is 5.92. The Morgan fingerprint density at radius 1 is 1.07 bits per heavy atom. The van der Waals surface area contributed by atoms with E-state index in [2.05, 4.69) is 18.4 Å². The summed E-state index contributed by atoms with van der Waals surface area (Å²) in [6.07, 6.45) is 0.144. The molecule has 0 aliphatic rings. The normalized spacial score (nSPS) is 11.3. The second kappa shape index (κ2) is 8.52. The van der Waals surface area contributed by atoms with Gasteiger partial charge in [-0.25, -0.2) is 0 Å². The van der Waals surface area contributed by atoms with Gasteiger partial charge in [0.05, 0.1) is 6.42 Å². The molecule has 0 saturated heterocycles. The number of para-hydroxylation sites is 1. The van der Waals surface area contributed by atoms with Gasteiger partial charge in [-0.05, 0) is 41.7 Å². The minimum atomic E-state index is -0.953. The molecule has 0 spiro atoms. The first-order valence-corrected chi connectivity index (χ1v) is 9.90. The van der Waals surface area contributed by atoms with Gasteiger partial charge in [-0.2, -0.15) is 0 Å². The molecule has 5 nitrogen and oxygen atoms in total. The van der Waals surface area contributed by atoms with Crippen molar-refractivity contribution in [2.45, 2.75) is 52.5 Å². The Bertz CT molecular complexity index is 1060. The molecule has 0 bridgehead atoms. The van der Waals surface area contributed by atoms with Gasteiger partial charge in [0.2, 0.25) is 0 Å². The predicted octanol–water partition coefficient (Wildman–Crippen LogP) is 4.80. The van der Waals surface area contributed by atoms with Crippen LogP contribution in [0.4, 0.5) is 0 Å². The quantitative estimate of drug-likeness (QED) is 0.576. The summed E-state index contributed by atoms with van der Waals surface area (Å²) in [6, 6.07) is 13.7. The number of Topliss-reactive ketones (excluding diaryl/α,β-unsaturated/α-hetero) is 1. The van der Waals surface area contributed by atoms with E-state index >= 15 is 0 Å². The number of carbonyl (C=O) groups is 2. The summed E-state index contributed by atoms with van der Waals surface area (Å²) in [5, 5.41) is 20.0. The third-order valence-electron chi connectivity index (χ3n) is 5.41. The molecule has 0 unspecified atom stereocenters. The summed E-state index contributed by atoms with van der Waals surface area (Å²) < 4.78 is 2.19. The molecular weight excluding hydrogens is 366 g/mol. The molecule has 0 aliphatic carbocycles. The Hall–Kier alpha value is -3.08. The molecule has 1 aromatic heterocycles. The van der Waals surface area contributed by atoms with Crippen LogP contribution < -0.4 is 0 Å². The Balaban J connectivity index is 1.97. The highest BCUT2D eigenvalue weighted by Gasteiger charge is 2.18. The lowest BCUT2D eigenvalue weighted by Gasteiger charge is -2.13. The number of carboxylic acids is 1. The third kappa shape index (κ3) is 4.50. The number of fused-ring (bicyclic) bond motifs is 1. The molecule has 0 aliphatic heterocycles. The number of phenolic OH excluding ortho intramolecular Hbond substituents is 1. The molecule has 0 atom stereocenters. The minimum absolute atomic E-state index is 0.0456. The number of phenols is 1. The van der Waals surface area contributed by atoms with Crippen molar-refractivity contribution < 1.29 is 19.8 Å². The van der Waals surface area contributed by atoms with Crippen LogP contribution in [0.3, 0.4) is 0 Å². The zero-order chi connectivity index (χ0) is 21.1. The van der Waals surface area contributed by atoms with Crippen LogP contribution in [-0.2, 0) is 22.6 Å². The summed E-state index contributed by atoms with van der Waals surface area (Å²) >= 11 is 0. The van der Waals surface area contributed by atoms with Crippen molar-refractivity contribution >= 4 is 22.7 Å². The number of rotatable bonds is 8. The lowest BCUT2D eigenvalue weighted by Crippen LogP contribution is -2.08. The fourth-order valence-corrected chi connectivity index (χ4v) is 3.81. The predicted molar refractivity (Wildman–Crippen MR) is 114 cm³/mol. The maximum atomic E-state index is 12.3. The van der Waals surface area contributed by atoms with Crippen LogP contribution in [0, 0.1) is 6.92 Å². The van der Waals surface area contributed by atoms with E-state index < -0.39 is 5.97 Å². The van der Waals surface area contributed by atoms with Gasteiger partial charge in [-0.15, -0.1) is 0 Å². The number of carbonyl (C=O) groups excluding carboxylic acids is 1. The van der Waals surface area contributed by atoms with E-state index in [1.807, 2.05) is 43.3 Å². The van der Waals surface area contributed by atoms with E-state index in [0.29, 0.717) is 12.3 Å². The molecule has 5 heteroatoms. The maximum Gasteiger partial charge on any atom is 0.303 e. The molecule has 0 fully saturated rings. The standard InChI is InChI=1S/C24H27NO4/c1-15(2)20-12-17(8-10-23(20)27)14-25-16(3)21(13-18(26)9-11-24(28)29)19-6-4-5-7-22(19)25/h4-8,10,12,15,27H,9,11,13-14H2,1-3H3,(H,28,29). The SMILES string of the molecule is Cc1c(CC(=O)CCC(=O)O)c2ccccc2n1Cc1ccc(O)c(C(C)C)c1. The number of carboxylic acid groups (broad SMARTS) is 1. The molecule has 2 N–H and O–H groups in total.